The first kappa shape index (κ1) is 12.9. The maximum absolute atomic E-state index is 12.0. The van der Waals surface area contributed by atoms with Crippen molar-refractivity contribution in [3.8, 4) is 0 Å². The summed E-state index contributed by atoms with van der Waals surface area (Å²) >= 11 is 0. The zero-order valence-corrected chi connectivity index (χ0v) is 10.6. The van der Waals surface area contributed by atoms with Gasteiger partial charge < -0.3 is 16.2 Å². The van der Waals surface area contributed by atoms with Crippen LogP contribution in [0.5, 0.6) is 0 Å². The Kier molecular flexibility index (Phi) is 3.87. The minimum absolute atomic E-state index is 0.0417. The molecular formula is C14H20N2O2. The van der Waals surface area contributed by atoms with Crippen molar-refractivity contribution < 1.29 is 9.53 Å². The van der Waals surface area contributed by atoms with Crippen molar-refractivity contribution in [2.24, 2.45) is 11.7 Å². The lowest BCUT2D eigenvalue weighted by molar-refractivity contribution is 0.0276. The highest BCUT2D eigenvalue weighted by Crippen LogP contribution is 2.29. The first-order chi connectivity index (χ1) is 8.60. The van der Waals surface area contributed by atoms with Gasteiger partial charge in [-0.25, -0.2) is 4.79 Å². The first-order valence-corrected chi connectivity index (χ1v) is 6.42. The van der Waals surface area contributed by atoms with E-state index in [2.05, 4.69) is 6.92 Å². The quantitative estimate of drug-likeness (QED) is 0.633. The normalized spacial score (nSPS) is 27.1. The van der Waals surface area contributed by atoms with E-state index in [4.69, 9.17) is 16.2 Å². The summed E-state index contributed by atoms with van der Waals surface area (Å²) in [4.78, 5) is 12.0. The van der Waals surface area contributed by atoms with Crippen LogP contribution in [0.2, 0.25) is 0 Å². The highest BCUT2D eigenvalue weighted by Gasteiger charge is 2.33. The van der Waals surface area contributed by atoms with Crippen LogP contribution in [-0.4, -0.2) is 18.1 Å². The molecule has 0 saturated heterocycles. The Balaban J connectivity index is 2.00. The number of carbonyl (C=O) groups excluding carboxylic acids is 1. The van der Waals surface area contributed by atoms with Crippen molar-refractivity contribution in [2.45, 2.75) is 38.3 Å². The minimum Gasteiger partial charge on any atom is -0.457 e. The molecule has 1 aliphatic carbocycles. The molecule has 3 atom stereocenters. The summed E-state index contributed by atoms with van der Waals surface area (Å²) in [5, 5.41) is 0. The van der Waals surface area contributed by atoms with E-state index < -0.39 is 0 Å². The van der Waals surface area contributed by atoms with Gasteiger partial charge in [0.15, 0.2) is 0 Å². The average molecular weight is 248 g/mol. The molecule has 0 unspecified atom stereocenters. The fourth-order valence-electron chi connectivity index (χ4n) is 2.48. The third-order valence-electron chi connectivity index (χ3n) is 3.61. The van der Waals surface area contributed by atoms with Crippen LogP contribution in [0.25, 0.3) is 0 Å². The van der Waals surface area contributed by atoms with E-state index in [1.165, 1.54) is 0 Å². The smallest absolute Gasteiger partial charge is 0.338 e. The van der Waals surface area contributed by atoms with E-state index in [1.54, 1.807) is 24.3 Å². The van der Waals surface area contributed by atoms with Crippen LogP contribution >= 0.6 is 0 Å². The number of nitrogens with two attached hydrogens (primary N) is 2. The maximum atomic E-state index is 12.0. The summed E-state index contributed by atoms with van der Waals surface area (Å²) in [5.41, 5.74) is 12.7. The largest absolute Gasteiger partial charge is 0.457 e. The molecule has 0 radical (unpaired) electrons. The van der Waals surface area contributed by atoms with Crippen molar-refractivity contribution in [3.63, 3.8) is 0 Å². The highest BCUT2D eigenvalue weighted by atomic mass is 16.5. The van der Waals surface area contributed by atoms with Gasteiger partial charge >= 0.3 is 5.97 Å². The molecular weight excluding hydrogens is 228 g/mol. The lowest BCUT2D eigenvalue weighted by Gasteiger charge is -2.16. The first-order valence-electron chi connectivity index (χ1n) is 6.42. The Morgan fingerprint density at radius 2 is 2.22 bits per heavy atom. The van der Waals surface area contributed by atoms with Gasteiger partial charge in [-0.3, -0.25) is 0 Å². The van der Waals surface area contributed by atoms with Crippen LogP contribution in [0.3, 0.4) is 0 Å². The minimum atomic E-state index is -0.334. The Labute approximate surface area is 107 Å². The summed E-state index contributed by atoms with van der Waals surface area (Å²) in [6.07, 6.45) is 2.72. The molecule has 18 heavy (non-hydrogen) atoms. The molecule has 1 saturated carbocycles. The summed E-state index contributed by atoms with van der Waals surface area (Å²) in [6, 6.07) is 6.77. The molecule has 98 valence electrons. The molecule has 0 aromatic heterocycles. The van der Waals surface area contributed by atoms with Crippen molar-refractivity contribution >= 4 is 11.7 Å². The van der Waals surface area contributed by atoms with Gasteiger partial charge in [-0.05, 0) is 37.0 Å². The van der Waals surface area contributed by atoms with Crippen LogP contribution in [0.4, 0.5) is 5.69 Å². The van der Waals surface area contributed by atoms with Gasteiger partial charge in [-0.1, -0.05) is 19.4 Å². The lowest BCUT2D eigenvalue weighted by atomic mass is 10.1. The Morgan fingerprint density at radius 1 is 1.44 bits per heavy atom. The molecule has 0 heterocycles. The van der Waals surface area contributed by atoms with Crippen LogP contribution in [0.1, 0.15) is 36.5 Å². The van der Waals surface area contributed by atoms with Crippen molar-refractivity contribution in [1.29, 1.82) is 0 Å². The molecule has 1 aromatic rings. The van der Waals surface area contributed by atoms with E-state index in [1.807, 2.05) is 0 Å². The molecule has 1 fully saturated rings. The molecule has 2 rings (SSSR count). The lowest BCUT2D eigenvalue weighted by Crippen LogP contribution is -2.33. The molecule has 0 aliphatic heterocycles. The molecule has 0 bridgehead atoms. The van der Waals surface area contributed by atoms with E-state index >= 15 is 0 Å². The van der Waals surface area contributed by atoms with Gasteiger partial charge in [0.25, 0.3) is 0 Å². The third kappa shape index (κ3) is 2.82. The van der Waals surface area contributed by atoms with Gasteiger partial charge in [0.1, 0.15) is 6.10 Å². The Morgan fingerprint density at radius 3 is 2.83 bits per heavy atom. The second kappa shape index (κ2) is 5.40. The van der Waals surface area contributed by atoms with Crippen LogP contribution in [-0.2, 0) is 4.74 Å². The topological polar surface area (TPSA) is 78.3 Å². The van der Waals surface area contributed by atoms with Crippen molar-refractivity contribution in [1.82, 2.24) is 0 Å². The number of hydrogen-bond donors (Lipinski definition) is 2. The number of nitrogen functional groups attached to an aromatic ring is 1. The standard InChI is InChI=1S/C14H20N2O2/c1-2-9-6-12(16)13(7-9)18-14(17)10-4-3-5-11(15)8-10/h3-5,8-9,12-13H,2,6-7,15-16H2,1H3/t9-,12+,13+/m0/s1. The molecule has 4 N–H and O–H groups in total. The molecule has 1 aliphatic rings. The van der Waals surface area contributed by atoms with Gasteiger partial charge in [0, 0.05) is 11.7 Å². The Bertz CT molecular complexity index is 434. The van der Waals surface area contributed by atoms with E-state index in [0.29, 0.717) is 17.2 Å². The number of benzene rings is 1. The Hall–Kier alpha value is -1.55. The zero-order valence-electron chi connectivity index (χ0n) is 10.6. The van der Waals surface area contributed by atoms with Crippen LogP contribution in [0.15, 0.2) is 24.3 Å². The van der Waals surface area contributed by atoms with Crippen molar-refractivity contribution in [3.05, 3.63) is 29.8 Å². The van der Waals surface area contributed by atoms with E-state index in [9.17, 15) is 4.79 Å². The summed E-state index contributed by atoms with van der Waals surface area (Å²) < 4.78 is 5.48. The average Bonchev–Trinajstić information content (AvgIpc) is 2.70. The number of rotatable bonds is 3. The number of hydrogen-bond acceptors (Lipinski definition) is 4. The predicted octanol–water partition coefficient (Wildman–Crippen LogP) is 1.94. The second-order valence-corrected chi connectivity index (χ2v) is 4.98. The third-order valence-corrected chi connectivity index (χ3v) is 3.61. The zero-order chi connectivity index (χ0) is 13.1. The van der Waals surface area contributed by atoms with Gasteiger partial charge in [0.2, 0.25) is 0 Å². The number of esters is 1. The van der Waals surface area contributed by atoms with E-state index in [0.717, 1.165) is 19.3 Å². The number of anilines is 1. The molecule has 4 nitrogen and oxygen atoms in total. The SMILES string of the molecule is CC[C@H]1C[C@@H](N)[C@H](OC(=O)c2cccc(N)c2)C1. The molecule has 1 aromatic carbocycles. The number of carbonyl (C=O) groups is 1. The summed E-state index contributed by atoms with van der Waals surface area (Å²) in [7, 11) is 0. The van der Waals surface area contributed by atoms with Gasteiger partial charge in [-0.15, -0.1) is 0 Å². The highest BCUT2D eigenvalue weighted by molar-refractivity contribution is 5.90. The summed E-state index contributed by atoms with van der Waals surface area (Å²) in [6.45, 7) is 2.14. The maximum Gasteiger partial charge on any atom is 0.338 e. The monoisotopic (exact) mass is 248 g/mol. The summed E-state index contributed by atoms with van der Waals surface area (Å²) in [5.74, 6) is 0.234. The number of ether oxygens (including phenoxy) is 1. The molecule has 0 amide bonds. The van der Waals surface area contributed by atoms with Crippen LogP contribution < -0.4 is 11.5 Å². The molecule has 0 spiro atoms. The molecule has 4 heteroatoms. The van der Waals surface area contributed by atoms with Gasteiger partial charge in [0.05, 0.1) is 5.56 Å². The fourth-order valence-corrected chi connectivity index (χ4v) is 2.48. The van der Waals surface area contributed by atoms with Gasteiger partial charge in [-0.2, -0.15) is 0 Å². The second-order valence-electron chi connectivity index (χ2n) is 4.98. The van der Waals surface area contributed by atoms with E-state index in [-0.39, 0.29) is 18.1 Å². The fraction of sp³-hybridized carbons (Fsp3) is 0.500. The van der Waals surface area contributed by atoms with Crippen molar-refractivity contribution in [2.75, 3.05) is 5.73 Å². The van der Waals surface area contributed by atoms with Crippen LogP contribution in [0, 0.1) is 5.92 Å². The predicted molar refractivity (Wildman–Crippen MR) is 71.0 cm³/mol.